The Labute approximate surface area is 193 Å². The first-order chi connectivity index (χ1) is 15.8. The van der Waals surface area contributed by atoms with Gasteiger partial charge in [0.1, 0.15) is 5.75 Å². The van der Waals surface area contributed by atoms with Crippen molar-refractivity contribution in [2.75, 3.05) is 7.11 Å². The second-order valence-electron chi connectivity index (χ2n) is 7.82. The average Bonchev–Trinajstić information content (AvgIpc) is 2.77. The number of ether oxygens (including phenoxy) is 1. The fraction of sp³-hybridized carbons (Fsp3) is 0.227. The molecule has 0 aliphatic rings. The topological polar surface area (TPSA) is 111 Å². The molecule has 180 valence electrons. The normalized spacial score (nSPS) is 12.4. The van der Waals surface area contributed by atoms with Crippen LogP contribution in [0.15, 0.2) is 65.8 Å². The number of nitro benzene ring substituents is 1. The smallest absolute Gasteiger partial charge is 0.416 e. The van der Waals surface area contributed by atoms with Crippen molar-refractivity contribution in [2.45, 2.75) is 30.5 Å². The predicted octanol–water partition coefficient (Wildman–Crippen LogP) is 4.90. The van der Waals surface area contributed by atoms with Gasteiger partial charge in [0.2, 0.25) is 10.0 Å². The first kappa shape index (κ1) is 25.1. The van der Waals surface area contributed by atoms with Crippen LogP contribution < -0.4 is 9.46 Å². The molecule has 0 saturated heterocycles. The maximum absolute atomic E-state index is 13.0. The molecule has 0 radical (unpaired) electrons. The Morgan fingerprint density at radius 3 is 2.38 bits per heavy atom. The highest BCUT2D eigenvalue weighted by Gasteiger charge is 2.37. The lowest BCUT2D eigenvalue weighted by molar-refractivity contribution is -0.388. The quantitative estimate of drug-likeness (QED) is 0.369. The number of aromatic nitrogens is 1. The summed E-state index contributed by atoms with van der Waals surface area (Å²) in [5.41, 5.74) is -1.88. The lowest BCUT2D eigenvalue weighted by atomic mass is 9.92. The van der Waals surface area contributed by atoms with Gasteiger partial charge in [-0.25, -0.2) is 13.1 Å². The summed E-state index contributed by atoms with van der Waals surface area (Å²) in [6, 6.07) is 9.84. The third-order valence-electron chi connectivity index (χ3n) is 5.06. The van der Waals surface area contributed by atoms with Crippen molar-refractivity contribution in [3.05, 3.63) is 82.2 Å². The Morgan fingerprint density at radius 2 is 1.76 bits per heavy atom. The molecule has 0 amide bonds. The summed E-state index contributed by atoms with van der Waals surface area (Å²) in [5, 5.41) is 11.4. The van der Waals surface area contributed by atoms with Gasteiger partial charge >= 0.3 is 6.18 Å². The van der Waals surface area contributed by atoms with E-state index < -0.39 is 42.8 Å². The highest BCUT2D eigenvalue weighted by molar-refractivity contribution is 7.89. The van der Waals surface area contributed by atoms with Crippen LogP contribution in [0.2, 0.25) is 0 Å². The fourth-order valence-corrected chi connectivity index (χ4v) is 4.93. The number of pyridine rings is 1. The molecule has 1 aromatic heterocycles. The summed E-state index contributed by atoms with van der Waals surface area (Å²) in [6.07, 6.45) is -1.77. The zero-order valence-corrected chi connectivity index (χ0v) is 19.1. The highest BCUT2D eigenvalue weighted by Crippen LogP contribution is 2.36. The SMILES string of the molecule is COc1cnccc1-c1cccc(C(C)(C)NS(=O)(=O)c2ccc(C(F)(F)F)cc2[N+](=O)[O-])c1. The van der Waals surface area contributed by atoms with Crippen LogP contribution in [0.3, 0.4) is 0 Å². The number of alkyl halides is 3. The summed E-state index contributed by atoms with van der Waals surface area (Å²) >= 11 is 0. The molecular formula is C22H20F3N3O5S. The molecule has 3 rings (SSSR count). The summed E-state index contributed by atoms with van der Waals surface area (Å²) in [7, 11) is -3.10. The van der Waals surface area contributed by atoms with Gasteiger partial charge in [0.15, 0.2) is 4.90 Å². The summed E-state index contributed by atoms with van der Waals surface area (Å²) in [5.74, 6) is 0.499. The van der Waals surface area contributed by atoms with Gasteiger partial charge in [-0.2, -0.15) is 13.2 Å². The molecule has 0 fully saturated rings. The summed E-state index contributed by atoms with van der Waals surface area (Å²) < 4.78 is 72.7. The van der Waals surface area contributed by atoms with Gasteiger partial charge in [0.25, 0.3) is 5.69 Å². The highest BCUT2D eigenvalue weighted by atomic mass is 32.2. The van der Waals surface area contributed by atoms with E-state index in [0.717, 1.165) is 0 Å². The van der Waals surface area contributed by atoms with Crippen molar-refractivity contribution in [1.82, 2.24) is 9.71 Å². The Balaban J connectivity index is 2.02. The zero-order chi connectivity index (χ0) is 25.3. The van der Waals surface area contributed by atoms with E-state index in [-0.39, 0.29) is 6.07 Å². The van der Waals surface area contributed by atoms with Crippen molar-refractivity contribution in [1.29, 1.82) is 0 Å². The van der Waals surface area contributed by atoms with E-state index in [1.165, 1.54) is 27.2 Å². The minimum absolute atomic E-state index is 0.206. The molecule has 0 unspecified atom stereocenters. The van der Waals surface area contributed by atoms with Gasteiger partial charge in [-0.1, -0.05) is 18.2 Å². The Morgan fingerprint density at radius 1 is 1.06 bits per heavy atom. The monoisotopic (exact) mass is 495 g/mol. The average molecular weight is 495 g/mol. The molecule has 8 nitrogen and oxygen atoms in total. The molecule has 0 aliphatic heterocycles. The van der Waals surface area contributed by atoms with Gasteiger partial charge in [-0.15, -0.1) is 0 Å². The number of hydrogen-bond acceptors (Lipinski definition) is 6. The van der Waals surface area contributed by atoms with E-state index in [2.05, 4.69) is 9.71 Å². The maximum atomic E-state index is 13.0. The lowest BCUT2D eigenvalue weighted by Gasteiger charge is -2.27. The number of nitrogens with one attached hydrogen (secondary N) is 1. The standard InChI is InChI=1S/C22H20F3N3O5S/c1-21(2,15-6-4-5-14(11-15)17-9-10-26-13-19(17)33-3)27-34(31,32)20-8-7-16(22(23,24)25)12-18(20)28(29)30/h4-13,27H,1-3H3. The zero-order valence-electron chi connectivity index (χ0n) is 18.3. The molecule has 0 saturated carbocycles. The summed E-state index contributed by atoms with van der Waals surface area (Å²) in [4.78, 5) is 13.3. The minimum Gasteiger partial charge on any atom is -0.494 e. The second kappa shape index (κ2) is 9.03. The van der Waals surface area contributed by atoms with Gasteiger partial charge in [-0.3, -0.25) is 15.1 Å². The van der Waals surface area contributed by atoms with Crippen LogP contribution in [0.5, 0.6) is 5.75 Å². The van der Waals surface area contributed by atoms with E-state index in [9.17, 15) is 31.7 Å². The van der Waals surface area contributed by atoms with Gasteiger partial charge < -0.3 is 4.74 Å². The molecule has 34 heavy (non-hydrogen) atoms. The number of hydrogen-bond donors (Lipinski definition) is 1. The maximum Gasteiger partial charge on any atom is 0.416 e. The molecule has 2 aromatic carbocycles. The largest absolute Gasteiger partial charge is 0.494 e. The van der Waals surface area contributed by atoms with Crippen molar-refractivity contribution in [3.8, 4) is 16.9 Å². The molecule has 0 aliphatic carbocycles. The van der Waals surface area contributed by atoms with Crippen LogP contribution in [0.4, 0.5) is 18.9 Å². The number of nitrogens with zero attached hydrogens (tertiary/aromatic N) is 2. The molecule has 0 atom stereocenters. The van der Waals surface area contributed by atoms with Crippen molar-refractivity contribution < 1.29 is 31.2 Å². The minimum atomic E-state index is -4.87. The number of halogens is 3. The van der Waals surface area contributed by atoms with Gasteiger partial charge in [0, 0.05) is 17.8 Å². The Bertz CT molecular complexity index is 1340. The number of benzene rings is 2. The van der Waals surface area contributed by atoms with Crippen LogP contribution in [0.25, 0.3) is 11.1 Å². The van der Waals surface area contributed by atoms with E-state index in [0.29, 0.717) is 34.6 Å². The van der Waals surface area contributed by atoms with Crippen LogP contribution in [0, 0.1) is 10.1 Å². The number of methoxy groups -OCH3 is 1. The lowest BCUT2D eigenvalue weighted by Crippen LogP contribution is -2.41. The van der Waals surface area contributed by atoms with Crippen molar-refractivity contribution >= 4 is 15.7 Å². The molecule has 0 spiro atoms. The second-order valence-corrected chi connectivity index (χ2v) is 9.48. The predicted molar refractivity (Wildman–Crippen MR) is 118 cm³/mol. The first-order valence-corrected chi connectivity index (χ1v) is 11.2. The molecule has 12 heteroatoms. The van der Waals surface area contributed by atoms with E-state index in [1.807, 2.05) is 0 Å². The summed E-state index contributed by atoms with van der Waals surface area (Å²) in [6.45, 7) is 3.06. The van der Waals surface area contributed by atoms with Gasteiger partial charge in [-0.05, 0) is 49.2 Å². The number of sulfonamides is 1. The van der Waals surface area contributed by atoms with Crippen LogP contribution >= 0.6 is 0 Å². The van der Waals surface area contributed by atoms with Crippen molar-refractivity contribution in [2.24, 2.45) is 0 Å². The fourth-order valence-electron chi connectivity index (χ4n) is 3.37. The van der Waals surface area contributed by atoms with E-state index in [1.54, 1.807) is 36.5 Å². The number of rotatable bonds is 7. The van der Waals surface area contributed by atoms with Crippen LogP contribution in [0.1, 0.15) is 25.0 Å². The van der Waals surface area contributed by atoms with E-state index >= 15 is 0 Å². The molecule has 1 N–H and O–H groups in total. The van der Waals surface area contributed by atoms with Crippen LogP contribution in [-0.2, 0) is 21.7 Å². The Kier molecular flexibility index (Phi) is 6.67. The molecule has 1 heterocycles. The molecular weight excluding hydrogens is 475 g/mol. The first-order valence-electron chi connectivity index (χ1n) is 9.75. The third kappa shape index (κ3) is 5.18. The molecule has 3 aromatic rings. The third-order valence-corrected chi connectivity index (χ3v) is 6.76. The molecule has 0 bridgehead atoms. The van der Waals surface area contributed by atoms with Crippen molar-refractivity contribution in [3.63, 3.8) is 0 Å². The van der Waals surface area contributed by atoms with Gasteiger partial charge in [0.05, 0.1) is 29.3 Å². The number of nitro groups is 1. The Hall–Kier alpha value is -3.51. The van der Waals surface area contributed by atoms with Crippen LogP contribution in [-0.4, -0.2) is 25.4 Å². The van der Waals surface area contributed by atoms with E-state index in [4.69, 9.17) is 4.74 Å².